The Labute approximate surface area is 237 Å². The molecule has 0 spiro atoms. The highest BCUT2D eigenvalue weighted by Gasteiger charge is 2.48. The number of hydrogen-bond acceptors (Lipinski definition) is 4. The monoisotopic (exact) mass is 532 g/mol. The second-order valence-corrected chi connectivity index (χ2v) is 11.0. The molecule has 4 heteroatoms. The zero-order valence-electron chi connectivity index (χ0n) is 24.0. The van der Waals surface area contributed by atoms with Crippen LogP contribution in [0, 0.1) is 34.6 Å². The SMILES string of the molecule is Cc1ccc(C)c(C2c3c(C)ccc(C)c3C(C)C(OC(=O)c3ccccc3)C2OC(=O)c2ccccc2)c1C. The first-order chi connectivity index (χ1) is 19.2. The van der Waals surface area contributed by atoms with Gasteiger partial charge in [-0.3, -0.25) is 0 Å². The Bertz CT molecular complexity index is 1560. The third kappa shape index (κ3) is 4.95. The summed E-state index contributed by atoms with van der Waals surface area (Å²) in [6, 6.07) is 26.5. The van der Waals surface area contributed by atoms with E-state index in [0.717, 1.165) is 44.5 Å². The average Bonchev–Trinajstić information content (AvgIpc) is 2.96. The average molecular weight is 533 g/mol. The molecule has 0 saturated heterocycles. The number of esters is 2. The molecule has 4 aromatic rings. The van der Waals surface area contributed by atoms with Crippen molar-refractivity contribution in [3.63, 3.8) is 0 Å². The van der Waals surface area contributed by atoms with E-state index < -0.39 is 24.1 Å². The van der Waals surface area contributed by atoms with Gasteiger partial charge in [0.2, 0.25) is 0 Å². The Hall–Kier alpha value is -4.18. The van der Waals surface area contributed by atoms with E-state index in [-0.39, 0.29) is 11.8 Å². The minimum Gasteiger partial charge on any atom is -0.454 e. The molecular weight excluding hydrogens is 496 g/mol. The van der Waals surface area contributed by atoms with Crippen molar-refractivity contribution in [1.29, 1.82) is 0 Å². The molecule has 0 heterocycles. The number of benzene rings is 4. The van der Waals surface area contributed by atoms with E-state index in [1.165, 1.54) is 0 Å². The van der Waals surface area contributed by atoms with Crippen LogP contribution < -0.4 is 0 Å². The van der Waals surface area contributed by atoms with E-state index in [9.17, 15) is 9.59 Å². The fourth-order valence-electron chi connectivity index (χ4n) is 6.27. The van der Waals surface area contributed by atoms with Gasteiger partial charge in [0, 0.05) is 5.92 Å². The fraction of sp³-hybridized carbons (Fsp3) is 0.278. The van der Waals surface area contributed by atoms with E-state index in [0.29, 0.717) is 11.1 Å². The normalized spacial score (nSPS) is 19.9. The summed E-state index contributed by atoms with van der Waals surface area (Å²) in [6.07, 6.45) is -1.43. The number of hydrogen-bond donors (Lipinski definition) is 0. The molecule has 0 fully saturated rings. The summed E-state index contributed by atoms with van der Waals surface area (Å²) in [6.45, 7) is 12.6. The molecule has 4 atom stereocenters. The Morgan fingerprint density at radius 2 is 0.950 bits per heavy atom. The lowest BCUT2D eigenvalue weighted by atomic mass is 9.66. The van der Waals surface area contributed by atoms with Crippen molar-refractivity contribution in [1.82, 2.24) is 0 Å². The molecule has 4 aromatic carbocycles. The molecule has 1 aliphatic rings. The van der Waals surface area contributed by atoms with Crippen molar-refractivity contribution >= 4 is 11.9 Å². The minimum absolute atomic E-state index is 0.196. The molecule has 0 aromatic heterocycles. The number of carbonyl (C=O) groups is 2. The van der Waals surface area contributed by atoms with Crippen molar-refractivity contribution in [3.05, 3.63) is 141 Å². The van der Waals surface area contributed by atoms with Gasteiger partial charge in [-0.05, 0) is 103 Å². The first-order valence-electron chi connectivity index (χ1n) is 13.9. The summed E-state index contributed by atoms with van der Waals surface area (Å²) >= 11 is 0. The summed E-state index contributed by atoms with van der Waals surface area (Å²) < 4.78 is 12.8. The Balaban J connectivity index is 1.73. The summed E-state index contributed by atoms with van der Waals surface area (Å²) in [5.41, 5.74) is 10.1. The number of aryl methyl sites for hydroxylation is 4. The van der Waals surface area contributed by atoms with Crippen molar-refractivity contribution in [2.75, 3.05) is 0 Å². The highest BCUT2D eigenvalue weighted by atomic mass is 16.6. The molecule has 1 aliphatic carbocycles. The molecule has 4 unspecified atom stereocenters. The highest BCUT2D eigenvalue weighted by molar-refractivity contribution is 5.90. The van der Waals surface area contributed by atoms with Crippen LogP contribution in [-0.2, 0) is 9.47 Å². The van der Waals surface area contributed by atoms with Gasteiger partial charge in [-0.25, -0.2) is 9.59 Å². The van der Waals surface area contributed by atoms with Crippen LogP contribution in [0.15, 0.2) is 84.9 Å². The minimum atomic E-state index is -0.734. The van der Waals surface area contributed by atoms with Crippen LogP contribution in [0.3, 0.4) is 0 Å². The topological polar surface area (TPSA) is 52.6 Å². The molecule has 40 heavy (non-hydrogen) atoms. The molecular formula is C36H36O4. The molecule has 0 aliphatic heterocycles. The van der Waals surface area contributed by atoms with Gasteiger partial charge in [0.1, 0.15) is 6.10 Å². The first-order valence-corrected chi connectivity index (χ1v) is 13.9. The maximum absolute atomic E-state index is 13.6. The number of fused-ring (bicyclic) bond motifs is 1. The lowest BCUT2D eigenvalue weighted by molar-refractivity contribution is -0.0534. The Morgan fingerprint density at radius 1 is 0.525 bits per heavy atom. The molecule has 0 saturated carbocycles. The first kappa shape index (κ1) is 27.4. The van der Waals surface area contributed by atoms with Gasteiger partial charge in [0.15, 0.2) is 6.10 Å². The van der Waals surface area contributed by atoms with Crippen LogP contribution in [0.1, 0.15) is 84.0 Å². The zero-order chi connectivity index (χ0) is 28.6. The van der Waals surface area contributed by atoms with E-state index >= 15 is 0 Å². The maximum Gasteiger partial charge on any atom is 0.338 e. The Morgan fingerprint density at radius 3 is 1.48 bits per heavy atom. The fourth-order valence-corrected chi connectivity index (χ4v) is 6.27. The largest absolute Gasteiger partial charge is 0.454 e. The van der Waals surface area contributed by atoms with Crippen molar-refractivity contribution in [2.24, 2.45) is 0 Å². The quantitative estimate of drug-likeness (QED) is 0.245. The second-order valence-electron chi connectivity index (χ2n) is 11.0. The standard InChI is InChI=1S/C36H36O4/c1-21-17-18-22(2)29(25(21)5)32-31-24(4)20-19-23(3)30(31)26(6)33(39-35(37)27-13-9-7-10-14-27)34(32)40-36(38)28-15-11-8-12-16-28/h7-20,26,32-34H,1-6H3. The van der Waals surface area contributed by atoms with Gasteiger partial charge in [-0.15, -0.1) is 0 Å². The van der Waals surface area contributed by atoms with Crippen LogP contribution in [-0.4, -0.2) is 24.1 Å². The van der Waals surface area contributed by atoms with Gasteiger partial charge >= 0.3 is 11.9 Å². The van der Waals surface area contributed by atoms with Crippen LogP contribution in [0.25, 0.3) is 0 Å². The van der Waals surface area contributed by atoms with E-state index in [2.05, 4.69) is 65.8 Å². The predicted octanol–water partition coefficient (Wildman–Crippen LogP) is 7.93. The van der Waals surface area contributed by atoms with Crippen LogP contribution in [0.5, 0.6) is 0 Å². The number of rotatable bonds is 5. The summed E-state index contributed by atoms with van der Waals surface area (Å²) in [5, 5.41) is 0. The molecule has 204 valence electrons. The third-order valence-corrected chi connectivity index (χ3v) is 8.45. The second kappa shape index (κ2) is 11.1. The summed E-state index contributed by atoms with van der Waals surface area (Å²) in [7, 11) is 0. The van der Waals surface area contributed by atoms with Gasteiger partial charge in [0.05, 0.1) is 17.0 Å². The smallest absolute Gasteiger partial charge is 0.338 e. The highest BCUT2D eigenvalue weighted by Crippen LogP contribution is 2.49. The van der Waals surface area contributed by atoms with Gasteiger partial charge in [-0.2, -0.15) is 0 Å². The number of ether oxygens (including phenoxy) is 2. The lowest BCUT2D eigenvalue weighted by Gasteiger charge is -2.44. The van der Waals surface area contributed by atoms with E-state index in [4.69, 9.17) is 9.47 Å². The van der Waals surface area contributed by atoms with Crippen LogP contribution >= 0.6 is 0 Å². The van der Waals surface area contributed by atoms with Crippen molar-refractivity contribution in [2.45, 2.75) is 65.6 Å². The predicted molar refractivity (Wildman–Crippen MR) is 158 cm³/mol. The van der Waals surface area contributed by atoms with Gasteiger partial charge in [-0.1, -0.05) is 67.6 Å². The molecule has 0 radical (unpaired) electrons. The van der Waals surface area contributed by atoms with Gasteiger partial charge in [0.25, 0.3) is 0 Å². The van der Waals surface area contributed by atoms with Crippen LogP contribution in [0.2, 0.25) is 0 Å². The molecule has 0 amide bonds. The zero-order valence-corrected chi connectivity index (χ0v) is 24.0. The van der Waals surface area contributed by atoms with E-state index in [1.807, 2.05) is 36.4 Å². The summed E-state index contributed by atoms with van der Waals surface area (Å²) in [5.74, 6) is -1.37. The molecule has 0 bridgehead atoms. The third-order valence-electron chi connectivity index (χ3n) is 8.45. The number of carbonyl (C=O) groups excluding carboxylic acids is 2. The van der Waals surface area contributed by atoms with Crippen LogP contribution in [0.4, 0.5) is 0 Å². The lowest BCUT2D eigenvalue weighted by Crippen LogP contribution is -2.47. The molecule has 5 rings (SSSR count). The maximum atomic E-state index is 13.6. The van der Waals surface area contributed by atoms with Crippen molar-refractivity contribution in [3.8, 4) is 0 Å². The van der Waals surface area contributed by atoms with Crippen molar-refractivity contribution < 1.29 is 19.1 Å². The summed E-state index contributed by atoms with van der Waals surface area (Å²) in [4.78, 5) is 27.1. The van der Waals surface area contributed by atoms with Gasteiger partial charge < -0.3 is 9.47 Å². The molecule has 4 nitrogen and oxygen atoms in total. The molecule has 0 N–H and O–H groups in total. The van der Waals surface area contributed by atoms with E-state index in [1.54, 1.807) is 24.3 Å². The Kier molecular flexibility index (Phi) is 7.62.